The molecule has 0 bridgehead atoms. The Hall–Kier alpha value is -3.52. The van der Waals surface area contributed by atoms with E-state index in [0.29, 0.717) is 22.8 Å². The molecule has 0 aliphatic heterocycles. The van der Waals surface area contributed by atoms with Gasteiger partial charge in [-0.15, -0.1) is 0 Å². The van der Waals surface area contributed by atoms with Crippen molar-refractivity contribution in [2.75, 3.05) is 21.2 Å². The standard InChI is InChI=1S/C22H24N4O4/c1-25(2)13-16-4-6-17(7-5-16)21(27)14-26-22(28)10-20(12-24-26)30-15-18-8-9-19(29-3)11-23-18/h4-12H,13-15H2,1-3H3. The van der Waals surface area contributed by atoms with Crippen LogP contribution in [-0.2, 0) is 19.7 Å². The van der Waals surface area contributed by atoms with Gasteiger partial charge in [-0.05, 0) is 31.8 Å². The van der Waals surface area contributed by atoms with Gasteiger partial charge in [0.15, 0.2) is 5.78 Å². The van der Waals surface area contributed by atoms with E-state index in [1.165, 1.54) is 12.3 Å². The van der Waals surface area contributed by atoms with Gasteiger partial charge in [-0.2, -0.15) is 5.10 Å². The summed E-state index contributed by atoms with van der Waals surface area (Å²) in [6, 6.07) is 12.2. The monoisotopic (exact) mass is 408 g/mol. The van der Waals surface area contributed by atoms with Crippen molar-refractivity contribution in [3.63, 3.8) is 0 Å². The number of methoxy groups -OCH3 is 1. The number of carbonyl (C=O) groups is 1. The van der Waals surface area contributed by atoms with Gasteiger partial charge in [-0.1, -0.05) is 24.3 Å². The predicted octanol–water partition coefficient (Wildman–Crippen LogP) is 2.17. The van der Waals surface area contributed by atoms with Gasteiger partial charge in [0.25, 0.3) is 5.56 Å². The minimum atomic E-state index is -0.409. The van der Waals surface area contributed by atoms with E-state index < -0.39 is 5.56 Å². The summed E-state index contributed by atoms with van der Waals surface area (Å²) in [6.45, 7) is 0.850. The van der Waals surface area contributed by atoms with Gasteiger partial charge in [0.2, 0.25) is 0 Å². The van der Waals surface area contributed by atoms with E-state index in [4.69, 9.17) is 9.47 Å². The van der Waals surface area contributed by atoms with Crippen molar-refractivity contribution >= 4 is 5.78 Å². The minimum absolute atomic E-state index is 0.133. The fourth-order valence-electron chi connectivity index (χ4n) is 2.78. The van der Waals surface area contributed by atoms with E-state index in [2.05, 4.69) is 15.0 Å². The highest BCUT2D eigenvalue weighted by atomic mass is 16.5. The van der Waals surface area contributed by atoms with E-state index >= 15 is 0 Å². The van der Waals surface area contributed by atoms with Crippen LogP contribution in [0.3, 0.4) is 0 Å². The van der Waals surface area contributed by atoms with E-state index in [1.54, 1.807) is 37.6 Å². The van der Waals surface area contributed by atoms with Crippen molar-refractivity contribution in [3.8, 4) is 11.5 Å². The van der Waals surface area contributed by atoms with Crippen LogP contribution < -0.4 is 15.0 Å². The van der Waals surface area contributed by atoms with Crippen molar-refractivity contribution in [2.45, 2.75) is 19.7 Å². The Morgan fingerprint density at radius 2 is 1.83 bits per heavy atom. The maximum absolute atomic E-state index is 12.5. The molecular formula is C22H24N4O4. The van der Waals surface area contributed by atoms with Crippen molar-refractivity contribution in [1.29, 1.82) is 0 Å². The van der Waals surface area contributed by atoms with E-state index in [0.717, 1.165) is 16.8 Å². The second kappa shape index (κ2) is 9.80. The van der Waals surface area contributed by atoms with Gasteiger partial charge in [0.1, 0.15) is 24.7 Å². The first kappa shape index (κ1) is 21.2. The number of hydrogen-bond acceptors (Lipinski definition) is 7. The molecule has 30 heavy (non-hydrogen) atoms. The van der Waals surface area contributed by atoms with Crippen LogP contribution in [-0.4, -0.2) is 46.7 Å². The second-order valence-corrected chi connectivity index (χ2v) is 7.02. The number of ketones is 1. The van der Waals surface area contributed by atoms with Crippen molar-refractivity contribution in [2.24, 2.45) is 0 Å². The van der Waals surface area contributed by atoms with Gasteiger partial charge in [-0.25, -0.2) is 4.68 Å². The number of benzene rings is 1. The summed E-state index contributed by atoms with van der Waals surface area (Å²) < 4.78 is 11.7. The molecule has 0 fully saturated rings. The Bertz CT molecular complexity index is 1040. The number of ether oxygens (including phenoxy) is 2. The van der Waals surface area contributed by atoms with Crippen LogP contribution in [0.15, 0.2) is 59.7 Å². The third-order valence-corrected chi connectivity index (χ3v) is 4.33. The maximum atomic E-state index is 12.5. The first-order valence-electron chi connectivity index (χ1n) is 9.40. The summed E-state index contributed by atoms with van der Waals surface area (Å²) in [4.78, 5) is 31.0. The molecular weight excluding hydrogens is 384 g/mol. The quantitative estimate of drug-likeness (QED) is 0.502. The fourth-order valence-corrected chi connectivity index (χ4v) is 2.78. The zero-order valence-corrected chi connectivity index (χ0v) is 17.2. The number of aromatic nitrogens is 3. The zero-order valence-electron chi connectivity index (χ0n) is 17.2. The van der Waals surface area contributed by atoms with Crippen LogP contribution in [0, 0.1) is 0 Å². The van der Waals surface area contributed by atoms with E-state index in [1.807, 2.05) is 26.2 Å². The molecule has 0 spiro atoms. The molecule has 8 heteroatoms. The molecule has 1 aromatic carbocycles. The van der Waals surface area contributed by atoms with Crippen LogP contribution in [0.5, 0.6) is 11.5 Å². The van der Waals surface area contributed by atoms with E-state index in [-0.39, 0.29) is 18.9 Å². The summed E-state index contributed by atoms with van der Waals surface area (Å²) in [6.07, 6.45) is 3.01. The number of carbonyl (C=O) groups excluding carboxylic acids is 1. The smallest absolute Gasteiger partial charge is 0.270 e. The Morgan fingerprint density at radius 1 is 1.07 bits per heavy atom. The molecule has 0 saturated carbocycles. The van der Waals surface area contributed by atoms with Gasteiger partial charge < -0.3 is 14.4 Å². The topological polar surface area (TPSA) is 86.5 Å². The lowest BCUT2D eigenvalue weighted by Gasteiger charge is -2.10. The maximum Gasteiger partial charge on any atom is 0.270 e. The Morgan fingerprint density at radius 3 is 2.43 bits per heavy atom. The molecule has 3 rings (SSSR count). The van der Waals surface area contributed by atoms with Gasteiger partial charge in [0.05, 0.1) is 25.2 Å². The summed E-state index contributed by atoms with van der Waals surface area (Å²) >= 11 is 0. The highest BCUT2D eigenvalue weighted by Crippen LogP contribution is 2.12. The largest absolute Gasteiger partial charge is 0.495 e. The van der Waals surface area contributed by atoms with Gasteiger partial charge in [0, 0.05) is 18.2 Å². The highest BCUT2D eigenvalue weighted by Gasteiger charge is 2.10. The molecule has 0 amide bonds. The number of rotatable bonds is 9. The van der Waals surface area contributed by atoms with Crippen LogP contribution in [0.1, 0.15) is 21.6 Å². The normalized spacial score (nSPS) is 10.8. The molecule has 0 unspecified atom stereocenters. The van der Waals surface area contributed by atoms with Crippen LogP contribution in [0.4, 0.5) is 0 Å². The Balaban J connectivity index is 1.60. The van der Waals surface area contributed by atoms with Crippen molar-refractivity contribution in [1.82, 2.24) is 19.7 Å². The molecule has 2 heterocycles. The SMILES string of the molecule is COc1ccc(COc2cnn(CC(=O)c3ccc(CN(C)C)cc3)c(=O)c2)nc1. The van der Waals surface area contributed by atoms with Crippen LogP contribution in [0.2, 0.25) is 0 Å². The summed E-state index contributed by atoms with van der Waals surface area (Å²) in [5.74, 6) is 0.784. The lowest BCUT2D eigenvalue weighted by molar-refractivity contribution is 0.0965. The Kier molecular flexibility index (Phi) is 6.92. The first-order valence-corrected chi connectivity index (χ1v) is 9.40. The van der Waals surface area contributed by atoms with E-state index in [9.17, 15) is 9.59 Å². The molecule has 0 aliphatic rings. The molecule has 3 aromatic rings. The lowest BCUT2D eigenvalue weighted by Crippen LogP contribution is -2.26. The number of pyridine rings is 1. The first-order chi connectivity index (χ1) is 14.4. The Labute approximate surface area is 174 Å². The van der Waals surface area contributed by atoms with Crippen LogP contribution in [0.25, 0.3) is 0 Å². The second-order valence-electron chi connectivity index (χ2n) is 7.02. The van der Waals surface area contributed by atoms with Crippen molar-refractivity contribution < 1.29 is 14.3 Å². The zero-order chi connectivity index (χ0) is 21.5. The number of nitrogens with zero attached hydrogens (tertiary/aromatic N) is 4. The summed E-state index contributed by atoms with van der Waals surface area (Å²) in [5.41, 5.74) is 1.93. The number of hydrogen-bond donors (Lipinski definition) is 0. The minimum Gasteiger partial charge on any atom is -0.495 e. The molecule has 156 valence electrons. The molecule has 8 nitrogen and oxygen atoms in total. The lowest BCUT2D eigenvalue weighted by atomic mass is 10.1. The predicted molar refractivity (Wildman–Crippen MR) is 112 cm³/mol. The highest BCUT2D eigenvalue weighted by molar-refractivity contribution is 5.95. The van der Waals surface area contributed by atoms with Gasteiger partial charge >= 0.3 is 0 Å². The fraction of sp³-hybridized carbons (Fsp3) is 0.273. The summed E-state index contributed by atoms with van der Waals surface area (Å²) in [7, 11) is 5.54. The average molecular weight is 408 g/mol. The summed E-state index contributed by atoms with van der Waals surface area (Å²) in [5, 5.41) is 4.05. The number of Topliss-reactive ketones (excluding diaryl/α,β-unsaturated/α-hetero) is 1. The van der Waals surface area contributed by atoms with Crippen molar-refractivity contribution in [3.05, 3.63) is 82.0 Å². The molecule has 0 atom stereocenters. The molecule has 0 N–H and O–H groups in total. The molecule has 0 aliphatic carbocycles. The molecule has 0 saturated heterocycles. The molecule has 2 aromatic heterocycles. The average Bonchev–Trinajstić information content (AvgIpc) is 2.74. The third-order valence-electron chi connectivity index (χ3n) is 4.33. The third kappa shape index (κ3) is 5.74. The van der Waals surface area contributed by atoms with Gasteiger partial charge in [-0.3, -0.25) is 14.6 Å². The van der Waals surface area contributed by atoms with Crippen LogP contribution >= 0.6 is 0 Å². The molecule has 0 radical (unpaired) electrons.